The lowest BCUT2D eigenvalue weighted by atomic mass is 9.84. The molecule has 0 radical (unpaired) electrons. The average Bonchev–Trinajstić information content (AvgIpc) is 3.02. The van der Waals surface area contributed by atoms with Crippen LogP contribution >= 0.6 is 0 Å². The van der Waals surface area contributed by atoms with Crippen molar-refractivity contribution in [3.63, 3.8) is 0 Å². The van der Waals surface area contributed by atoms with Crippen molar-refractivity contribution >= 4 is 41.4 Å². The maximum atomic E-state index is 13.7. The van der Waals surface area contributed by atoms with Gasteiger partial charge < -0.3 is 37.4 Å². The van der Waals surface area contributed by atoms with Gasteiger partial charge in [0.1, 0.15) is 24.2 Å². The summed E-state index contributed by atoms with van der Waals surface area (Å²) in [6.45, 7) is 5.29. The molecule has 6 amide bonds. The predicted molar refractivity (Wildman–Crippen MR) is 178 cm³/mol. The van der Waals surface area contributed by atoms with Gasteiger partial charge in [0.2, 0.25) is 35.4 Å². The standard InChI is InChI=1S/C34H52N6O8/c1-21(2)18-26(31(45)36-17-16-23-10-6-4-7-11-23)38-34(48)28(20-30(43)44)40-33(47)27(19-24-12-8-5-9-13-24)39-32(46)25(37-22(3)41)14-15-29(35)42/h4,6-7,10-11,21,24-28H,5,8-9,12-20H2,1-3H3,(H2,35,42)(H,36,45)(H,37,41)(H,38,48)(H,39,46)(H,40,47)(H,43,44)/t25-,26-,27-,28-/m0/s1. The Hall–Kier alpha value is -4.49. The largest absolute Gasteiger partial charge is 0.481 e. The normalized spacial score (nSPS) is 15.7. The van der Waals surface area contributed by atoms with E-state index in [1.165, 1.54) is 6.92 Å². The SMILES string of the molecule is CC(=O)N[C@@H](CCC(N)=O)C(=O)N[C@@H](CC1CCCCC1)C(=O)N[C@@H](CC(=O)O)C(=O)N[C@@H](CC(C)C)C(=O)NCCc1ccccc1. The topological polar surface area (TPSA) is 226 Å². The number of nitrogens with one attached hydrogen (secondary N) is 5. The Morgan fingerprint density at radius 2 is 1.38 bits per heavy atom. The van der Waals surface area contributed by atoms with Crippen molar-refractivity contribution in [1.29, 1.82) is 0 Å². The Bertz CT molecular complexity index is 1250. The van der Waals surface area contributed by atoms with Crippen LogP contribution in [0.3, 0.4) is 0 Å². The molecule has 1 aliphatic carbocycles. The zero-order valence-corrected chi connectivity index (χ0v) is 28.2. The Kier molecular flexibility index (Phi) is 17.1. The molecule has 48 heavy (non-hydrogen) atoms. The minimum absolute atomic E-state index is 0.00361. The minimum atomic E-state index is -1.55. The van der Waals surface area contributed by atoms with Crippen LogP contribution in [0.4, 0.5) is 0 Å². The van der Waals surface area contributed by atoms with Crippen molar-refractivity contribution in [2.45, 2.75) is 116 Å². The van der Waals surface area contributed by atoms with Crippen molar-refractivity contribution in [2.24, 2.45) is 17.6 Å². The van der Waals surface area contributed by atoms with Crippen molar-refractivity contribution in [2.75, 3.05) is 6.54 Å². The van der Waals surface area contributed by atoms with E-state index in [-0.39, 0.29) is 37.5 Å². The second kappa shape index (κ2) is 20.7. The fourth-order valence-corrected chi connectivity index (χ4v) is 5.79. The first-order valence-electron chi connectivity index (χ1n) is 16.7. The summed E-state index contributed by atoms with van der Waals surface area (Å²) in [5.41, 5.74) is 6.26. The number of rotatable bonds is 20. The first kappa shape index (κ1) is 39.7. The molecular weight excluding hydrogens is 620 g/mol. The lowest BCUT2D eigenvalue weighted by Crippen LogP contribution is -2.59. The van der Waals surface area contributed by atoms with Crippen molar-refractivity contribution in [1.82, 2.24) is 26.6 Å². The molecule has 2 rings (SSSR count). The zero-order chi connectivity index (χ0) is 35.6. The molecule has 8 N–H and O–H groups in total. The monoisotopic (exact) mass is 672 g/mol. The molecule has 1 saturated carbocycles. The Labute approximate surface area is 282 Å². The number of aliphatic carboxylic acids is 1. The number of benzene rings is 1. The molecule has 0 saturated heterocycles. The molecule has 266 valence electrons. The highest BCUT2D eigenvalue weighted by atomic mass is 16.4. The predicted octanol–water partition coefficient (Wildman–Crippen LogP) is 1.06. The van der Waals surface area contributed by atoms with E-state index in [4.69, 9.17) is 5.73 Å². The van der Waals surface area contributed by atoms with Gasteiger partial charge in [-0.1, -0.05) is 76.3 Å². The van der Waals surface area contributed by atoms with E-state index in [1.807, 2.05) is 44.2 Å². The zero-order valence-electron chi connectivity index (χ0n) is 28.2. The highest BCUT2D eigenvalue weighted by Gasteiger charge is 2.34. The second-order valence-electron chi connectivity index (χ2n) is 12.9. The van der Waals surface area contributed by atoms with Crippen LogP contribution in [0.5, 0.6) is 0 Å². The van der Waals surface area contributed by atoms with E-state index in [1.54, 1.807) is 0 Å². The molecule has 14 heteroatoms. The molecule has 1 fully saturated rings. The summed E-state index contributed by atoms with van der Waals surface area (Å²) < 4.78 is 0. The summed E-state index contributed by atoms with van der Waals surface area (Å²) in [5.74, 6) is -5.24. The van der Waals surface area contributed by atoms with E-state index < -0.39 is 72.0 Å². The third kappa shape index (κ3) is 15.4. The van der Waals surface area contributed by atoms with Gasteiger partial charge in [-0.05, 0) is 43.1 Å². The van der Waals surface area contributed by atoms with Gasteiger partial charge in [0.15, 0.2) is 0 Å². The number of carboxylic acids is 1. The molecule has 0 heterocycles. The Morgan fingerprint density at radius 1 is 0.792 bits per heavy atom. The third-order valence-corrected chi connectivity index (χ3v) is 8.21. The highest BCUT2D eigenvalue weighted by Crippen LogP contribution is 2.27. The molecule has 4 atom stereocenters. The van der Waals surface area contributed by atoms with Crippen LogP contribution in [0.15, 0.2) is 30.3 Å². The van der Waals surface area contributed by atoms with Gasteiger partial charge >= 0.3 is 5.97 Å². The summed E-state index contributed by atoms with van der Waals surface area (Å²) in [6, 6.07) is 4.71. The van der Waals surface area contributed by atoms with E-state index in [0.717, 1.165) is 37.7 Å². The van der Waals surface area contributed by atoms with Crippen LogP contribution in [-0.4, -0.2) is 77.2 Å². The van der Waals surface area contributed by atoms with Gasteiger partial charge in [0.05, 0.1) is 6.42 Å². The van der Waals surface area contributed by atoms with Crippen LogP contribution < -0.4 is 32.3 Å². The molecule has 0 spiro atoms. The smallest absolute Gasteiger partial charge is 0.305 e. The van der Waals surface area contributed by atoms with Crippen LogP contribution in [0, 0.1) is 11.8 Å². The molecular formula is C34H52N6O8. The fourth-order valence-electron chi connectivity index (χ4n) is 5.79. The van der Waals surface area contributed by atoms with Crippen molar-refractivity contribution in [3.05, 3.63) is 35.9 Å². The van der Waals surface area contributed by atoms with Crippen LogP contribution in [0.25, 0.3) is 0 Å². The fraction of sp³-hybridized carbons (Fsp3) is 0.618. The van der Waals surface area contributed by atoms with Gasteiger partial charge in [-0.3, -0.25) is 33.6 Å². The first-order chi connectivity index (χ1) is 22.7. The molecule has 1 aromatic rings. The van der Waals surface area contributed by atoms with Crippen molar-refractivity contribution in [3.8, 4) is 0 Å². The summed E-state index contributed by atoms with van der Waals surface area (Å²) in [5, 5.41) is 22.7. The summed E-state index contributed by atoms with van der Waals surface area (Å²) >= 11 is 0. The number of amides is 6. The molecule has 0 unspecified atom stereocenters. The lowest BCUT2D eigenvalue weighted by molar-refractivity contribution is -0.141. The number of carboxylic acid groups (broad SMARTS) is 1. The van der Waals surface area contributed by atoms with E-state index in [2.05, 4.69) is 26.6 Å². The number of primary amides is 1. The number of nitrogens with two attached hydrogens (primary N) is 1. The maximum Gasteiger partial charge on any atom is 0.305 e. The lowest BCUT2D eigenvalue weighted by Gasteiger charge is -2.29. The number of hydrogen-bond acceptors (Lipinski definition) is 7. The number of hydrogen-bond donors (Lipinski definition) is 7. The summed E-state index contributed by atoms with van der Waals surface area (Å²) in [6.07, 6.45) is 4.64. The van der Waals surface area contributed by atoms with Crippen molar-refractivity contribution < 1.29 is 38.7 Å². The minimum Gasteiger partial charge on any atom is -0.481 e. The van der Waals surface area contributed by atoms with Gasteiger partial charge in [-0.15, -0.1) is 0 Å². The van der Waals surface area contributed by atoms with Gasteiger partial charge in [0.25, 0.3) is 0 Å². The molecule has 14 nitrogen and oxygen atoms in total. The Morgan fingerprint density at radius 3 is 1.96 bits per heavy atom. The van der Waals surface area contributed by atoms with E-state index in [0.29, 0.717) is 13.0 Å². The van der Waals surface area contributed by atoms with Crippen LogP contribution in [0.2, 0.25) is 0 Å². The van der Waals surface area contributed by atoms with Gasteiger partial charge in [0, 0.05) is 19.9 Å². The summed E-state index contributed by atoms with van der Waals surface area (Å²) in [4.78, 5) is 88.5. The molecule has 1 aliphatic rings. The van der Waals surface area contributed by atoms with Crippen LogP contribution in [-0.2, 0) is 40.0 Å². The molecule has 0 aliphatic heterocycles. The third-order valence-electron chi connectivity index (χ3n) is 8.21. The Balaban J connectivity index is 2.21. The quantitative estimate of drug-likeness (QED) is 0.106. The molecule has 0 aromatic heterocycles. The molecule has 0 bridgehead atoms. The average molecular weight is 673 g/mol. The van der Waals surface area contributed by atoms with Gasteiger partial charge in [-0.25, -0.2) is 0 Å². The number of carbonyl (C=O) groups excluding carboxylic acids is 6. The highest BCUT2D eigenvalue weighted by molar-refractivity contribution is 5.96. The first-order valence-corrected chi connectivity index (χ1v) is 16.7. The van der Waals surface area contributed by atoms with E-state index in [9.17, 15) is 38.7 Å². The number of carbonyl (C=O) groups is 7. The van der Waals surface area contributed by atoms with Crippen LogP contribution in [0.1, 0.15) is 90.5 Å². The maximum absolute atomic E-state index is 13.7. The second-order valence-corrected chi connectivity index (χ2v) is 12.9. The summed E-state index contributed by atoms with van der Waals surface area (Å²) in [7, 11) is 0. The molecule has 1 aromatic carbocycles. The van der Waals surface area contributed by atoms with Gasteiger partial charge in [-0.2, -0.15) is 0 Å². The van der Waals surface area contributed by atoms with E-state index >= 15 is 0 Å².